The molecular weight excluding hydrogens is 356 g/mol. The number of methoxy groups -OCH3 is 1. The van der Waals surface area contributed by atoms with Gasteiger partial charge in [0.05, 0.1) is 24.6 Å². The topological polar surface area (TPSA) is 78.5 Å². The number of hydrogen-bond donors (Lipinski definition) is 1. The van der Waals surface area contributed by atoms with Crippen LogP contribution in [0.15, 0.2) is 53.3 Å². The lowest BCUT2D eigenvalue weighted by atomic mass is 10.1. The molecule has 4 rings (SSSR count). The van der Waals surface area contributed by atoms with Crippen molar-refractivity contribution in [3.63, 3.8) is 0 Å². The first-order valence-corrected chi connectivity index (χ1v) is 9.29. The third-order valence-electron chi connectivity index (χ3n) is 5.14. The van der Waals surface area contributed by atoms with Gasteiger partial charge in [-0.1, -0.05) is 24.3 Å². The summed E-state index contributed by atoms with van der Waals surface area (Å²) >= 11 is 0. The zero-order valence-corrected chi connectivity index (χ0v) is 15.7. The van der Waals surface area contributed by atoms with E-state index in [4.69, 9.17) is 4.74 Å². The molecule has 1 aliphatic rings. The lowest BCUT2D eigenvalue weighted by Gasteiger charge is -2.36. The monoisotopic (exact) mass is 378 g/mol. The van der Waals surface area contributed by atoms with Crippen LogP contribution in [0, 0.1) is 0 Å². The molecule has 0 unspecified atom stereocenters. The Labute approximate surface area is 162 Å². The van der Waals surface area contributed by atoms with Gasteiger partial charge in [-0.3, -0.25) is 9.59 Å². The Morgan fingerprint density at radius 1 is 1.07 bits per heavy atom. The number of carbonyl (C=O) groups is 1. The lowest BCUT2D eigenvalue weighted by Crippen LogP contribution is -2.49. The number of H-pyrrole nitrogens is 1. The summed E-state index contributed by atoms with van der Waals surface area (Å²) in [5, 5.41) is 7.90. The fraction of sp³-hybridized carbons (Fsp3) is 0.286. The van der Waals surface area contributed by atoms with Crippen molar-refractivity contribution in [2.45, 2.75) is 6.42 Å². The van der Waals surface area contributed by atoms with E-state index < -0.39 is 0 Å². The molecule has 144 valence electrons. The second-order valence-electron chi connectivity index (χ2n) is 6.79. The van der Waals surface area contributed by atoms with Crippen LogP contribution < -0.4 is 15.2 Å². The van der Waals surface area contributed by atoms with Crippen LogP contribution in [0.25, 0.3) is 10.8 Å². The highest BCUT2D eigenvalue weighted by Crippen LogP contribution is 2.22. The van der Waals surface area contributed by atoms with Gasteiger partial charge in [-0.05, 0) is 18.2 Å². The number of carbonyl (C=O) groups excluding carboxylic acids is 1. The molecule has 2 aromatic carbocycles. The molecule has 28 heavy (non-hydrogen) atoms. The van der Waals surface area contributed by atoms with Gasteiger partial charge in [-0.15, -0.1) is 0 Å². The van der Waals surface area contributed by atoms with Crippen molar-refractivity contribution < 1.29 is 9.53 Å². The van der Waals surface area contributed by atoms with Crippen LogP contribution >= 0.6 is 0 Å². The predicted octanol–water partition coefficient (Wildman–Crippen LogP) is 1.82. The Morgan fingerprint density at radius 3 is 2.57 bits per heavy atom. The predicted molar refractivity (Wildman–Crippen MR) is 108 cm³/mol. The molecule has 1 saturated heterocycles. The largest absolute Gasteiger partial charge is 0.497 e. The smallest absolute Gasteiger partial charge is 0.272 e. The van der Waals surface area contributed by atoms with Crippen molar-refractivity contribution in [1.29, 1.82) is 0 Å². The number of benzene rings is 2. The summed E-state index contributed by atoms with van der Waals surface area (Å²) in [6.07, 6.45) is 0.177. The van der Waals surface area contributed by atoms with E-state index in [-0.39, 0.29) is 17.9 Å². The first-order chi connectivity index (χ1) is 13.7. The second kappa shape index (κ2) is 7.72. The molecule has 7 heteroatoms. The van der Waals surface area contributed by atoms with E-state index in [1.54, 1.807) is 19.2 Å². The van der Waals surface area contributed by atoms with Crippen molar-refractivity contribution in [1.82, 2.24) is 15.1 Å². The minimum Gasteiger partial charge on any atom is -0.497 e. The molecule has 1 amide bonds. The maximum absolute atomic E-state index is 12.8. The maximum atomic E-state index is 12.8. The zero-order chi connectivity index (χ0) is 19.5. The molecule has 7 nitrogen and oxygen atoms in total. The summed E-state index contributed by atoms with van der Waals surface area (Å²) in [4.78, 5) is 28.8. The Bertz CT molecular complexity index is 1050. The Morgan fingerprint density at radius 2 is 1.82 bits per heavy atom. The number of piperazine rings is 1. The number of ether oxygens (including phenoxy) is 1. The van der Waals surface area contributed by atoms with Crippen LogP contribution in [-0.4, -0.2) is 54.3 Å². The van der Waals surface area contributed by atoms with Crippen molar-refractivity contribution in [2.24, 2.45) is 0 Å². The van der Waals surface area contributed by atoms with E-state index in [1.165, 1.54) is 0 Å². The van der Waals surface area contributed by atoms with E-state index in [0.717, 1.165) is 29.9 Å². The molecule has 0 bridgehead atoms. The van der Waals surface area contributed by atoms with E-state index in [2.05, 4.69) is 21.2 Å². The lowest BCUT2D eigenvalue weighted by molar-refractivity contribution is -0.130. The van der Waals surface area contributed by atoms with E-state index in [0.29, 0.717) is 24.2 Å². The van der Waals surface area contributed by atoms with Gasteiger partial charge in [0.1, 0.15) is 5.75 Å². The highest BCUT2D eigenvalue weighted by Gasteiger charge is 2.22. The number of aromatic nitrogens is 2. The van der Waals surface area contributed by atoms with Crippen LogP contribution in [0.2, 0.25) is 0 Å². The number of rotatable bonds is 4. The Kier molecular flexibility index (Phi) is 4.97. The zero-order valence-electron chi connectivity index (χ0n) is 15.7. The summed E-state index contributed by atoms with van der Waals surface area (Å²) in [5.41, 5.74) is 1.47. The maximum Gasteiger partial charge on any atom is 0.272 e. The van der Waals surface area contributed by atoms with E-state index >= 15 is 0 Å². The van der Waals surface area contributed by atoms with Crippen molar-refractivity contribution in [3.05, 3.63) is 64.6 Å². The van der Waals surface area contributed by atoms with Gasteiger partial charge in [0.25, 0.3) is 5.56 Å². The van der Waals surface area contributed by atoms with Crippen molar-refractivity contribution >= 4 is 22.4 Å². The third kappa shape index (κ3) is 3.55. The fourth-order valence-electron chi connectivity index (χ4n) is 3.58. The third-order valence-corrected chi connectivity index (χ3v) is 5.14. The number of amides is 1. The van der Waals surface area contributed by atoms with E-state index in [1.807, 2.05) is 35.2 Å². The van der Waals surface area contributed by atoms with Crippen LogP contribution in [-0.2, 0) is 11.2 Å². The fourth-order valence-corrected chi connectivity index (χ4v) is 3.58. The molecule has 3 aromatic rings. The molecule has 1 aromatic heterocycles. The van der Waals surface area contributed by atoms with E-state index in [9.17, 15) is 9.59 Å². The summed E-state index contributed by atoms with van der Waals surface area (Å²) in [6, 6.07) is 15.2. The van der Waals surface area contributed by atoms with Crippen LogP contribution in [0.3, 0.4) is 0 Å². The van der Waals surface area contributed by atoms with Gasteiger partial charge in [0.15, 0.2) is 0 Å². The van der Waals surface area contributed by atoms with Crippen molar-refractivity contribution in [2.75, 3.05) is 38.2 Å². The van der Waals surface area contributed by atoms with Crippen LogP contribution in [0.1, 0.15) is 5.69 Å². The molecule has 0 radical (unpaired) electrons. The normalized spacial score (nSPS) is 14.3. The SMILES string of the molecule is COc1cccc(N2CCN(C(=O)Cc3n[nH]c(=O)c4ccccc34)CC2)c1. The number of hydrogen-bond acceptors (Lipinski definition) is 5. The van der Waals surface area contributed by atoms with Gasteiger partial charge in [-0.25, -0.2) is 5.10 Å². The highest BCUT2D eigenvalue weighted by atomic mass is 16.5. The molecule has 0 saturated carbocycles. The summed E-state index contributed by atoms with van der Waals surface area (Å²) in [6.45, 7) is 2.83. The highest BCUT2D eigenvalue weighted by molar-refractivity contribution is 5.88. The van der Waals surface area contributed by atoms with Gasteiger partial charge < -0.3 is 14.5 Å². The summed E-state index contributed by atoms with van der Waals surface area (Å²) < 4.78 is 5.29. The minimum atomic E-state index is -0.237. The Balaban J connectivity index is 1.43. The number of nitrogens with zero attached hydrogens (tertiary/aromatic N) is 3. The van der Waals surface area contributed by atoms with Gasteiger partial charge in [-0.2, -0.15) is 5.10 Å². The first-order valence-electron chi connectivity index (χ1n) is 9.29. The number of fused-ring (bicyclic) bond motifs is 1. The first kappa shape index (κ1) is 18.0. The molecule has 1 fully saturated rings. The molecule has 0 aliphatic carbocycles. The average molecular weight is 378 g/mol. The average Bonchev–Trinajstić information content (AvgIpc) is 2.76. The van der Waals surface area contributed by atoms with Crippen molar-refractivity contribution in [3.8, 4) is 5.75 Å². The number of nitrogens with one attached hydrogen (secondary N) is 1. The molecule has 2 heterocycles. The number of aromatic amines is 1. The summed E-state index contributed by atoms with van der Waals surface area (Å²) in [7, 11) is 1.66. The molecule has 1 aliphatic heterocycles. The van der Waals surface area contributed by atoms with Gasteiger partial charge in [0.2, 0.25) is 5.91 Å². The van der Waals surface area contributed by atoms with Gasteiger partial charge in [0, 0.05) is 43.3 Å². The Hall–Kier alpha value is -3.35. The number of anilines is 1. The van der Waals surface area contributed by atoms with Crippen LogP contribution in [0.5, 0.6) is 5.75 Å². The minimum absolute atomic E-state index is 0.0231. The molecular formula is C21H22N4O3. The van der Waals surface area contributed by atoms with Gasteiger partial charge >= 0.3 is 0 Å². The molecule has 0 atom stereocenters. The molecule has 0 spiro atoms. The molecule has 1 N–H and O–H groups in total. The van der Waals surface area contributed by atoms with Crippen LogP contribution in [0.4, 0.5) is 5.69 Å². The second-order valence-corrected chi connectivity index (χ2v) is 6.79. The quantitative estimate of drug-likeness (QED) is 0.749. The standard InChI is InChI=1S/C21H22N4O3/c1-28-16-6-4-5-15(13-16)24-9-11-25(12-10-24)20(26)14-19-17-7-2-3-8-18(17)21(27)23-22-19/h2-8,13H,9-12,14H2,1H3,(H,23,27). The summed E-state index contributed by atoms with van der Waals surface area (Å²) in [5.74, 6) is 0.849.